The fourth-order valence-electron chi connectivity index (χ4n) is 1.20. The molecule has 0 heterocycles. The second-order valence-corrected chi connectivity index (χ2v) is 3.76. The predicted molar refractivity (Wildman–Crippen MR) is 51.0 cm³/mol. The summed E-state index contributed by atoms with van der Waals surface area (Å²) in [4.78, 5) is 0. The van der Waals surface area contributed by atoms with Crippen LogP contribution in [0.2, 0.25) is 0 Å². The Hall–Kier alpha value is -0.960. The van der Waals surface area contributed by atoms with Gasteiger partial charge >= 0.3 is 0 Å². The summed E-state index contributed by atoms with van der Waals surface area (Å²) in [7, 11) is 0. The molecular weight excluding hydrogens is 186 g/mol. The first-order chi connectivity index (χ1) is 6.44. The van der Waals surface area contributed by atoms with Gasteiger partial charge in [-0.05, 0) is 25.0 Å². The van der Waals surface area contributed by atoms with Crippen LogP contribution in [0.3, 0.4) is 0 Å². The summed E-state index contributed by atoms with van der Waals surface area (Å²) < 4.78 is 25.7. The van der Waals surface area contributed by atoms with Crippen LogP contribution >= 0.6 is 0 Å². The summed E-state index contributed by atoms with van der Waals surface area (Å²) >= 11 is 0. The van der Waals surface area contributed by atoms with Gasteiger partial charge in [0.1, 0.15) is 11.6 Å². The van der Waals surface area contributed by atoms with Crippen LogP contribution in [0.25, 0.3) is 0 Å². The van der Waals surface area contributed by atoms with E-state index in [9.17, 15) is 13.9 Å². The highest BCUT2D eigenvalue weighted by Gasteiger charge is 2.20. The van der Waals surface area contributed by atoms with Gasteiger partial charge in [-0.2, -0.15) is 0 Å². The third-order valence-corrected chi connectivity index (χ3v) is 2.35. The number of benzene rings is 1. The van der Waals surface area contributed by atoms with Crippen molar-refractivity contribution in [1.82, 2.24) is 0 Å². The normalized spacial score (nSPS) is 15.2. The molecule has 1 rings (SSSR count). The van der Waals surface area contributed by atoms with Crippen LogP contribution in [0.15, 0.2) is 18.2 Å². The van der Waals surface area contributed by atoms with Crippen LogP contribution in [-0.4, -0.2) is 10.7 Å². The molecule has 0 radical (unpaired) electrons. The van der Waals surface area contributed by atoms with E-state index in [0.717, 1.165) is 6.07 Å². The first-order valence-corrected chi connectivity index (χ1v) is 4.61. The first-order valence-electron chi connectivity index (χ1n) is 4.61. The summed E-state index contributed by atoms with van der Waals surface area (Å²) in [5, 5.41) is 9.71. The Morgan fingerprint density at radius 2 is 2.00 bits per heavy atom. The van der Waals surface area contributed by atoms with Crippen LogP contribution in [-0.2, 0) is 6.42 Å². The van der Waals surface area contributed by atoms with E-state index < -0.39 is 17.2 Å². The Morgan fingerprint density at radius 3 is 2.50 bits per heavy atom. The topological polar surface area (TPSA) is 20.2 Å². The van der Waals surface area contributed by atoms with Gasteiger partial charge in [0.2, 0.25) is 0 Å². The molecule has 0 bridgehead atoms. The molecule has 0 fully saturated rings. The molecule has 1 N–H and O–H groups in total. The van der Waals surface area contributed by atoms with Crippen molar-refractivity contribution >= 4 is 0 Å². The van der Waals surface area contributed by atoms with Crippen molar-refractivity contribution < 1.29 is 13.9 Å². The Morgan fingerprint density at radius 1 is 1.36 bits per heavy atom. The number of rotatable bonds is 3. The molecule has 14 heavy (non-hydrogen) atoms. The van der Waals surface area contributed by atoms with Crippen LogP contribution < -0.4 is 0 Å². The molecule has 0 aliphatic carbocycles. The minimum Gasteiger partial charge on any atom is -0.390 e. The standard InChI is InChI=1S/C11H14F2O/c1-3-11(2,14)7-8-4-5-9(12)6-10(8)13/h4-6,14H,3,7H2,1-2H3. The quantitative estimate of drug-likeness (QED) is 0.795. The zero-order chi connectivity index (χ0) is 10.8. The number of hydrogen-bond acceptors (Lipinski definition) is 1. The zero-order valence-corrected chi connectivity index (χ0v) is 8.35. The summed E-state index contributed by atoms with van der Waals surface area (Å²) in [5.41, 5.74) is -0.586. The molecule has 0 aromatic heterocycles. The van der Waals surface area contributed by atoms with E-state index in [0.29, 0.717) is 12.0 Å². The second kappa shape index (κ2) is 4.05. The Bertz CT molecular complexity index is 321. The SMILES string of the molecule is CCC(C)(O)Cc1ccc(F)cc1F. The molecule has 0 saturated carbocycles. The largest absolute Gasteiger partial charge is 0.390 e. The molecule has 0 aliphatic heterocycles. The molecule has 78 valence electrons. The summed E-state index contributed by atoms with van der Waals surface area (Å²) in [6.45, 7) is 3.46. The molecule has 3 heteroatoms. The van der Waals surface area contributed by atoms with Crippen molar-refractivity contribution in [3.8, 4) is 0 Å². The minimum absolute atomic E-state index is 0.204. The lowest BCUT2D eigenvalue weighted by Crippen LogP contribution is -2.26. The van der Waals surface area contributed by atoms with Crippen LogP contribution in [0.4, 0.5) is 8.78 Å². The maximum atomic E-state index is 13.2. The van der Waals surface area contributed by atoms with E-state index in [1.165, 1.54) is 12.1 Å². The predicted octanol–water partition coefficient (Wildman–Crippen LogP) is 2.67. The van der Waals surface area contributed by atoms with Gasteiger partial charge < -0.3 is 5.11 Å². The maximum Gasteiger partial charge on any atom is 0.129 e. The first kappa shape index (κ1) is 11.1. The van der Waals surface area contributed by atoms with Gasteiger partial charge in [-0.25, -0.2) is 8.78 Å². The summed E-state index contributed by atoms with van der Waals surface area (Å²) in [6, 6.07) is 3.40. The number of hydrogen-bond donors (Lipinski definition) is 1. The van der Waals surface area contributed by atoms with E-state index in [2.05, 4.69) is 0 Å². The highest BCUT2D eigenvalue weighted by molar-refractivity contribution is 5.20. The molecule has 0 saturated heterocycles. The van der Waals surface area contributed by atoms with Crippen molar-refractivity contribution in [1.29, 1.82) is 0 Å². The molecule has 0 amide bonds. The molecule has 1 aromatic rings. The fraction of sp³-hybridized carbons (Fsp3) is 0.455. The van der Waals surface area contributed by atoms with Gasteiger partial charge in [0.05, 0.1) is 5.60 Å². The van der Waals surface area contributed by atoms with Crippen molar-refractivity contribution in [3.05, 3.63) is 35.4 Å². The molecule has 1 nitrogen and oxygen atoms in total. The van der Waals surface area contributed by atoms with Crippen LogP contribution in [0.1, 0.15) is 25.8 Å². The van der Waals surface area contributed by atoms with Gasteiger partial charge in [-0.1, -0.05) is 13.0 Å². The van der Waals surface area contributed by atoms with Crippen molar-refractivity contribution in [2.75, 3.05) is 0 Å². The average Bonchev–Trinajstić information content (AvgIpc) is 2.10. The van der Waals surface area contributed by atoms with Crippen LogP contribution in [0, 0.1) is 11.6 Å². The highest BCUT2D eigenvalue weighted by Crippen LogP contribution is 2.19. The van der Waals surface area contributed by atoms with E-state index in [1.807, 2.05) is 6.92 Å². The van der Waals surface area contributed by atoms with E-state index >= 15 is 0 Å². The second-order valence-electron chi connectivity index (χ2n) is 3.76. The average molecular weight is 200 g/mol. The lowest BCUT2D eigenvalue weighted by Gasteiger charge is -2.21. The lowest BCUT2D eigenvalue weighted by molar-refractivity contribution is 0.0555. The molecule has 1 unspecified atom stereocenters. The van der Waals surface area contributed by atoms with Gasteiger partial charge in [-0.15, -0.1) is 0 Å². The highest BCUT2D eigenvalue weighted by atomic mass is 19.1. The number of aliphatic hydroxyl groups is 1. The van der Waals surface area contributed by atoms with Crippen molar-refractivity contribution in [2.45, 2.75) is 32.3 Å². The lowest BCUT2D eigenvalue weighted by atomic mass is 9.94. The fourth-order valence-corrected chi connectivity index (χ4v) is 1.20. The van der Waals surface area contributed by atoms with Gasteiger partial charge in [0, 0.05) is 12.5 Å². The monoisotopic (exact) mass is 200 g/mol. The third-order valence-electron chi connectivity index (χ3n) is 2.35. The van der Waals surface area contributed by atoms with E-state index in [-0.39, 0.29) is 6.42 Å². The Kier molecular flexibility index (Phi) is 3.21. The van der Waals surface area contributed by atoms with E-state index in [4.69, 9.17) is 0 Å². The van der Waals surface area contributed by atoms with Crippen molar-refractivity contribution in [2.24, 2.45) is 0 Å². The van der Waals surface area contributed by atoms with Crippen molar-refractivity contribution in [3.63, 3.8) is 0 Å². The number of halogens is 2. The molecule has 0 spiro atoms. The summed E-state index contributed by atoms with van der Waals surface area (Å²) in [5.74, 6) is -1.19. The van der Waals surface area contributed by atoms with Gasteiger partial charge in [-0.3, -0.25) is 0 Å². The van der Waals surface area contributed by atoms with Crippen LogP contribution in [0.5, 0.6) is 0 Å². The molecule has 1 atom stereocenters. The zero-order valence-electron chi connectivity index (χ0n) is 8.35. The molecule has 0 aliphatic rings. The maximum absolute atomic E-state index is 13.2. The Labute approximate surface area is 82.4 Å². The minimum atomic E-state index is -0.932. The molecular formula is C11H14F2O. The molecule has 1 aromatic carbocycles. The summed E-state index contributed by atoms with van der Waals surface area (Å²) in [6.07, 6.45) is 0.736. The van der Waals surface area contributed by atoms with E-state index in [1.54, 1.807) is 6.92 Å². The Balaban J connectivity index is 2.87. The van der Waals surface area contributed by atoms with Gasteiger partial charge in [0.15, 0.2) is 0 Å². The third kappa shape index (κ3) is 2.77. The van der Waals surface area contributed by atoms with Gasteiger partial charge in [0.25, 0.3) is 0 Å². The smallest absolute Gasteiger partial charge is 0.129 e.